The van der Waals surface area contributed by atoms with E-state index in [-0.39, 0.29) is 48.6 Å². The lowest BCUT2D eigenvalue weighted by Gasteiger charge is -2.21. The lowest BCUT2D eigenvalue weighted by atomic mass is 10.0. The van der Waals surface area contributed by atoms with Crippen LogP contribution in [-0.4, -0.2) is 35.6 Å². The van der Waals surface area contributed by atoms with Crippen molar-refractivity contribution in [1.82, 2.24) is 0 Å². The Hall–Kier alpha value is -2.08. The van der Waals surface area contributed by atoms with Crippen LogP contribution in [-0.2, 0) is 31.9 Å². The second kappa shape index (κ2) is 9.27. The van der Waals surface area contributed by atoms with Crippen molar-refractivity contribution in [2.45, 2.75) is 26.7 Å². The molecule has 0 spiro atoms. The van der Waals surface area contributed by atoms with Crippen LogP contribution in [0.25, 0.3) is 0 Å². The normalized spacial score (nSPS) is 13.2. The maximum atomic E-state index is 11.6. The Morgan fingerprint density at radius 2 is 1.29 bits per heavy atom. The van der Waals surface area contributed by atoms with E-state index >= 15 is 0 Å². The number of esters is 2. The van der Waals surface area contributed by atoms with Crippen molar-refractivity contribution >= 4 is 23.3 Å². The molecule has 0 aliphatic rings. The first-order chi connectivity index (χ1) is 11.3. The Bertz CT molecular complexity index is 541. The summed E-state index contributed by atoms with van der Waals surface area (Å²) in [6, 6.07) is 2.16. The zero-order valence-electron chi connectivity index (χ0n) is 13.3. The largest absolute Gasteiger partial charge is 0.595 e. The highest BCUT2D eigenvalue weighted by atomic mass is 16.8. The van der Waals surface area contributed by atoms with Crippen LogP contribution < -0.4 is 10.5 Å². The van der Waals surface area contributed by atoms with Gasteiger partial charge in [0.15, 0.2) is 11.4 Å². The summed E-state index contributed by atoms with van der Waals surface area (Å²) in [5, 5.41) is 38.4. The van der Waals surface area contributed by atoms with E-state index in [0.717, 1.165) is 6.07 Å². The molecule has 0 amide bonds. The number of ether oxygens (including phenoxy) is 2. The van der Waals surface area contributed by atoms with Crippen LogP contribution in [0.4, 0.5) is 11.4 Å². The molecule has 10 nitrogen and oxygen atoms in total. The molecule has 10 heteroatoms. The van der Waals surface area contributed by atoms with Gasteiger partial charge in [-0.2, -0.15) is 10.5 Å². The quantitative estimate of drug-likeness (QED) is 0.336. The third-order valence-corrected chi connectivity index (χ3v) is 3.07. The van der Waals surface area contributed by atoms with Crippen LogP contribution in [0.3, 0.4) is 0 Å². The Kier molecular flexibility index (Phi) is 7.71. The van der Waals surface area contributed by atoms with Gasteiger partial charge in [0.05, 0.1) is 32.1 Å². The first-order valence-electron chi connectivity index (χ1n) is 7.23. The maximum Gasteiger partial charge on any atom is 0.310 e. The van der Waals surface area contributed by atoms with Crippen molar-refractivity contribution in [1.29, 1.82) is 0 Å². The van der Waals surface area contributed by atoms with Crippen LogP contribution in [0.1, 0.15) is 25.0 Å². The summed E-state index contributed by atoms with van der Waals surface area (Å²) in [5.74, 6) is -1.30. The summed E-state index contributed by atoms with van der Waals surface area (Å²) in [7, 11) is 0. The van der Waals surface area contributed by atoms with Crippen LogP contribution in [0.15, 0.2) is 12.1 Å². The standard InChI is InChI=1S/C14H20N2O8/c1-3-23-13(17)6-9-5-10(7-14(18)24-4-2)12(16(21)22)8-11(9)15(19)20/h5,8,15-16,19,21H,3-4,6-7H2,1-2H3. The summed E-state index contributed by atoms with van der Waals surface area (Å²) in [4.78, 5) is 23.2. The van der Waals surface area contributed by atoms with E-state index in [4.69, 9.17) is 9.47 Å². The number of hydrogen-bond donors (Lipinski definition) is 4. The highest BCUT2D eigenvalue weighted by molar-refractivity contribution is 5.77. The molecule has 2 atom stereocenters. The Balaban J connectivity index is 3.29. The van der Waals surface area contributed by atoms with E-state index in [0.29, 0.717) is 0 Å². The van der Waals surface area contributed by atoms with Gasteiger partial charge >= 0.3 is 11.9 Å². The van der Waals surface area contributed by atoms with Crippen molar-refractivity contribution in [3.05, 3.63) is 33.7 Å². The second-order valence-corrected chi connectivity index (χ2v) is 4.74. The molecule has 0 saturated carbocycles. The lowest BCUT2D eigenvalue weighted by molar-refractivity contribution is -0.996. The van der Waals surface area contributed by atoms with E-state index in [1.54, 1.807) is 13.8 Å². The van der Waals surface area contributed by atoms with Crippen molar-refractivity contribution in [2.75, 3.05) is 13.2 Å². The van der Waals surface area contributed by atoms with Gasteiger partial charge in [-0.05, 0) is 19.9 Å². The van der Waals surface area contributed by atoms with Gasteiger partial charge in [-0.3, -0.25) is 9.59 Å². The number of carbonyl (C=O) groups excluding carboxylic acids is 2. The predicted molar refractivity (Wildman–Crippen MR) is 78.7 cm³/mol. The average Bonchev–Trinajstić information content (AvgIpc) is 2.47. The minimum atomic E-state index is -1.38. The zero-order chi connectivity index (χ0) is 18.3. The zero-order valence-corrected chi connectivity index (χ0v) is 13.3. The lowest BCUT2D eigenvalue weighted by Crippen LogP contribution is -3.01. The monoisotopic (exact) mass is 344 g/mol. The smallest absolute Gasteiger partial charge is 0.310 e. The van der Waals surface area contributed by atoms with Gasteiger partial charge < -0.3 is 19.9 Å². The van der Waals surface area contributed by atoms with Crippen molar-refractivity contribution in [3.63, 3.8) is 0 Å². The third-order valence-electron chi connectivity index (χ3n) is 3.07. The van der Waals surface area contributed by atoms with E-state index in [1.807, 2.05) is 0 Å². The Morgan fingerprint density at radius 1 is 0.917 bits per heavy atom. The molecule has 4 N–H and O–H groups in total. The molecule has 134 valence electrons. The highest BCUT2D eigenvalue weighted by Crippen LogP contribution is 2.22. The van der Waals surface area contributed by atoms with Gasteiger partial charge in [-0.15, -0.1) is 0 Å². The van der Waals surface area contributed by atoms with Crippen molar-refractivity contribution in [3.8, 4) is 0 Å². The minimum Gasteiger partial charge on any atom is -0.595 e. The second-order valence-electron chi connectivity index (χ2n) is 4.74. The molecule has 0 aromatic heterocycles. The fourth-order valence-electron chi connectivity index (χ4n) is 2.12. The first-order valence-corrected chi connectivity index (χ1v) is 7.23. The van der Waals surface area contributed by atoms with Crippen molar-refractivity contribution in [2.24, 2.45) is 0 Å². The third kappa shape index (κ3) is 5.53. The summed E-state index contributed by atoms with van der Waals surface area (Å²) in [5.41, 5.74) is -0.503. The predicted octanol–water partition coefficient (Wildman–Crippen LogP) is -1.30. The van der Waals surface area contributed by atoms with Gasteiger partial charge in [0.1, 0.15) is 0 Å². The van der Waals surface area contributed by atoms with Crippen LogP contribution in [0.5, 0.6) is 0 Å². The molecule has 1 rings (SSSR count). The van der Waals surface area contributed by atoms with Gasteiger partial charge in [0.2, 0.25) is 0 Å². The topological polar surface area (TPSA) is 148 Å². The van der Waals surface area contributed by atoms with E-state index in [2.05, 4.69) is 0 Å². The number of nitrogens with one attached hydrogen (secondary N) is 2. The number of carbonyl (C=O) groups is 2. The molecule has 0 heterocycles. The highest BCUT2D eigenvalue weighted by Gasteiger charge is 2.22. The molecule has 2 unspecified atom stereocenters. The fraction of sp³-hybridized carbons (Fsp3) is 0.429. The number of hydrogen-bond acceptors (Lipinski definition) is 8. The first kappa shape index (κ1) is 20.0. The van der Waals surface area contributed by atoms with Gasteiger partial charge in [-0.25, -0.2) is 10.4 Å². The number of rotatable bonds is 8. The van der Waals surface area contributed by atoms with Gasteiger partial charge in [-0.1, -0.05) is 0 Å². The van der Waals surface area contributed by atoms with Crippen LogP contribution in [0, 0.1) is 10.4 Å². The molecule has 0 aliphatic carbocycles. The van der Waals surface area contributed by atoms with Gasteiger partial charge in [0, 0.05) is 11.1 Å². The average molecular weight is 344 g/mol. The number of quaternary nitrogens is 2. The molecule has 0 aliphatic heterocycles. The molecule has 0 bridgehead atoms. The summed E-state index contributed by atoms with van der Waals surface area (Å²) in [6.45, 7) is 3.47. The van der Waals surface area contributed by atoms with E-state index in [1.165, 1.54) is 6.07 Å². The summed E-state index contributed by atoms with van der Waals surface area (Å²) in [6.07, 6.45) is -0.684. The SMILES string of the molecule is CCOC(=O)Cc1cc(CC(=O)OCC)c([NH+]([O-])O)cc1[NH+]([O-])O. The summed E-state index contributed by atoms with van der Waals surface area (Å²) >= 11 is 0. The molecular weight excluding hydrogens is 324 g/mol. The van der Waals surface area contributed by atoms with E-state index < -0.39 is 22.4 Å². The fourth-order valence-corrected chi connectivity index (χ4v) is 2.12. The van der Waals surface area contributed by atoms with Gasteiger partial charge in [0.25, 0.3) is 0 Å². The van der Waals surface area contributed by atoms with Crippen LogP contribution in [0.2, 0.25) is 0 Å². The van der Waals surface area contributed by atoms with Crippen LogP contribution >= 0.6 is 0 Å². The van der Waals surface area contributed by atoms with Crippen molar-refractivity contribution < 1.29 is 39.9 Å². The maximum absolute atomic E-state index is 11.6. The Labute approximate surface area is 137 Å². The minimum absolute atomic E-state index is 0.0743. The molecule has 0 radical (unpaired) electrons. The Morgan fingerprint density at radius 3 is 1.58 bits per heavy atom. The molecular formula is C14H20N2O8. The molecule has 1 aromatic rings. The summed E-state index contributed by atoms with van der Waals surface area (Å²) < 4.78 is 9.56. The van der Waals surface area contributed by atoms with E-state index in [9.17, 15) is 30.4 Å². The number of benzene rings is 1. The molecule has 24 heavy (non-hydrogen) atoms. The molecule has 0 fully saturated rings. The molecule has 1 aromatic carbocycles. The molecule has 0 saturated heterocycles.